The van der Waals surface area contributed by atoms with E-state index in [0.29, 0.717) is 29.4 Å². The lowest BCUT2D eigenvalue weighted by Gasteiger charge is -2.35. The Kier molecular flexibility index (Phi) is 6.19. The average molecular weight is 390 g/mol. The maximum atomic E-state index is 12.5. The number of carbonyl (C=O) groups is 2. The number of amides is 2. The lowest BCUT2D eigenvalue weighted by Crippen LogP contribution is -2.36. The zero-order valence-corrected chi connectivity index (χ0v) is 15.8. The molecular weight excluding hydrogens is 366 g/mol. The minimum absolute atomic E-state index is 0.0641. The van der Waals surface area contributed by atoms with Crippen molar-refractivity contribution in [2.45, 2.75) is 38.5 Å². The standard InChI is InChI=1S/C20H24ClN3O3/c21-15-11-14(6-7-16(15)24-19(26)17-5-4-10-27-17)23-18(25)12-20(13-22)8-2-1-3-9-20/h4-7,10-11H,1-3,8-9,12-13,22H2,(H,23,25)(H,24,26). The lowest BCUT2D eigenvalue weighted by molar-refractivity contribution is -0.118. The number of nitrogens with two attached hydrogens (primary N) is 1. The average Bonchev–Trinajstić information content (AvgIpc) is 3.19. The molecule has 1 aromatic carbocycles. The molecule has 1 aromatic heterocycles. The maximum Gasteiger partial charge on any atom is 0.291 e. The molecule has 144 valence electrons. The second-order valence-electron chi connectivity index (χ2n) is 7.12. The van der Waals surface area contributed by atoms with Gasteiger partial charge in [-0.15, -0.1) is 0 Å². The number of nitrogens with one attached hydrogen (secondary N) is 2. The summed E-state index contributed by atoms with van der Waals surface area (Å²) < 4.78 is 5.05. The molecule has 0 bridgehead atoms. The first-order valence-corrected chi connectivity index (χ1v) is 9.53. The Morgan fingerprint density at radius 2 is 1.93 bits per heavy atom. The van der Waals surface area contributed by atoms with Crippen LogP contribution in [0.5, 0.6) is 0 Å². The molecule has 1 fully saturated rings. The Bertz CT molecular complexity index is 799. The Balaban J connectivity index is 1.61. The van der Waals surface area contributed by atoms with E-state index in [1.165, 1.54) is 12.7 Å². The van der Waals surface area contributed by atoms with Crippen molar-refractivity contribution in [2.75, 3.05) is 17.2 Å². The second-order valence-corrected chi connectivity index (χ2v) is 7.52. The van der Waals surface area contributed by atoms with Crippen LogP contribution in [0.3, 0.4) is 0 Å². The summed E-state index contributed by atoms with van der Waals surface area (Å²) in [6.07, 6.45) is 7.30. The third kappa shape index (κ3) is 4.90. The highest BCUT2D eigenvalue weighted by Crippen LogP contribution is 2.38. The summed E-state index contributed by atoms with van der Waals surface area (Å²) >= 11 is 6.25. The zero-order chi connectivity index (χ0) is 19.3. The first-order valence-electron chi connectivity index (χ1n) is 9.16. The highest BCUT2D eigenvalue weighted by atomic mass is 35.5. The van der Waals surface area contributed by atoms with Gasteiger partial charge < -0.3 is 20.8 Å². The molecule has 4 N–H and O–H groups in total. The van der Waals surface area contributed by atoms with Crippen molar-refractivity contribution in [3.63, 3.8) is 0 Å². The van der Waals surface area contributed by atoms with Crippen LogP contribution in [0.15, 0.2) is 41.0 Å². The summed E-state index contributed by atoms with van der Waals surface area (Å²) in [5, 5.41) is 5.90. The van der Waals surface area contributed by atoms with Crippen LogP contribution in [0.25, 0.3) is 0 Å². The van der Waals surface area contributed by atoms with Crippen LogP contribution in [-0.4, -0.2) is 18.4 Å². The number of rotatable bonds is 6. The Labute approximate surface area is 163 Å². The quantitative estimate of drug-likeness (QED) is 0.681. The van der Waals surface area contributed by atoms with Gasteiger partial charge in [0, 0.05) is 12.1 Å². The van der Waals surface area contributed by atoms with Gasteiger partial charge in [-0.25, -0.2) is 0 Å². The second kappa shape index (κ2) is 8.59. The van der Waals surface area contributed by atoms with Gasteiger partial charge in [0.2, 0.25) is 5.91 Å². The van der Waals surface area contributed by atoms with Crippen LogP contribution in [0, 0.1) is 5.41 Å². The van der Waals surface area contributed by atoms with E-state index in [-0.39, 0.29) is 23.0 Å². The van der Waals surface area contributed by atoms with Crippen molar-refractivity contribution >= 4 is 34.8 Å². The molecule has 2 amide bonds. The normalized spacial score (nSPS) is 15.9. The van der Waals surface area contributed by atoms with Crippen LogP contribution < -0.4 is 16.4 Å². The summed E-state index contributed by atoms with van der Waals surface area (Å²) in [4.78, 5) is 24.5. The van der Waals surface area contributed by atoms with E-state index < -0.39 is 0 Å². The highest BCUT2D eigenvalue weighted by Gasteiger charge is 2.33. The van der Waals surface area contributed by atoms with Crippen molar-refractivity contribution in [1.29, 1.82) is 0 Å². The fourth-order valence-electron chi connectivity index (χ4n) is 3.59. The van der Waals surface area contributed by atoms with Crippen molar-refractivity contribution < 1.29 is 14.0 Å². The van der Waals surface area contributed by atoms with Gasteiger partial charge >= 0.3 is 0 Å². The highest BCUT2D eigenvalue weighted by molar-refractivity contribution is 6.34. The molecule has 0 saturated heterocycles. The third-order valence-corrected chi connectivity index (χ3v) is 5.44. The first-order chi connectivity index (χ1) is 13.0. The number of carbonyl (C=O) groups excluding carboxylic acids is 2. The number of benzene rings is 1. The van der Waals surface area contributed by atoms with Gasteiger partial charge in [-0.3, -0.25) is 9.59 Å². The van der Waals surface area contributed by atoms with Crippen LogP contribution in [0.4, 0.5) is 11.4 Å². The predicted molar refractivity (Wildman–Crippen MR) is 106 cm³/mol. The zero-order valence-electron chi connectivity index (χ0n) is 15.1. The van der Waals surface area contributed by atoms with E-state index in [0.717, 1.165) is 25.7 Å². The fourth-order valence-corrected chi connectivity index (χ4v) is 3.81. The van der Waals surface area contributed by atoms with E-state index in [2.05, 4.69) is 10.6 Å². The van der Waals surface area contributed by atoms with Crippen molar-refractivity contribution in [2.24, 2.45) is 11.1 Å². The molecule has 1 heterocycles. The van der Waals surface area contributed by atoms with E-state index in [4.69, 9.17) is 21.8 Å². The maximum absolute atomic E-state index is 12.5. The molecule has 6 nitrogen and oxygen atoms in total. The van der Waals surface area contributed by atoms with Crippen LogP contribution in [0.2, 0.25) is 5.02 Å². The molecule has 0 unspecified atom stereocenters. The molecule has 0 atom stereocenters. The summed E-state index contributed by atoms with van der Waals surface area (Å²) in [7, 11) is 0. The summed E-state index contributed by atoms with van der Waals surface area (Å²) in [6.45, 7) is 0.527. The van der Waals surface area contributed by atoms with Gasteiger partial charge in [0.25, 0.3) is 5.91 Å². The molecule has 0 aliphatic heterocycles. The van der Waals surface area contributed by atoms with Gasteiger partial charge in [0.1, 0.15) is 0 Å². The van der Waals surface area contributed by atoms with Gasteiger partial charge in [0.15, 0.2) is 5.76 Å². The largest absolute Gasteiger partial charge is 0.459 e. The lowest BCUT2D eigenvalue weighted by atomic mass is 9.71. The summed E-state index contributed by atoms with van der Waals surface area (Å²) in [5.41, 5.74) is 6.90. The van der Waals surface area contributed by atoms with Gasteiger partial charge in [-0.05, 0) is 55.1 Å². The van der Waals surface area contributed by atoms with Crippen molar-refractivity contribution in [3.05, 3.63) is 47.4 Å². The van der Waals surface area contributed by atoms with Crippen LogP contribution in [-0.2, 0) is 4.79 Å². The number of hydrogen-bond donors (Lipinski definition) is 3. The van der Waals surface area contributed by atoms with Crippen LogP contribution >= 0.6 is 11.6 Å². The number of hydrogen-bond acceptors (Lipinski definition) is 4. The SMILES string of the molecule is NCC1(CC(=O)Nc2ccc(NC(=O)c3ccco3)c(Cl)c2)CCCCC1. The fraction of sp³-hybridized carbons (Fsp3) is 0.400. The van der Waals surface area contributed by atoms with Crippen LogP contribution in [0.1, 0.15) is 49.1 Å². The van der Waals surface area contributed by atoms with E-state index in [1.807, 2.05) is 0 Å². The Morgan fingerprint density at radius 1 is 1.15 bits per heavy atom. The van der Waals surface area contributed by atoms with E-state index in [1.54, 1.807) is 30.3 Å². The minimum atomic E-state index is -0.388. The molecule has 2 aromatic rings. The van der Waals surface area contributed by atoms with Crippen molar-refractivity contribution in [1.82, 2.24) is 0 Å². The Hall–Kier alpha value is -2.31. The van der Waals surface area contributed by atoms with Gasteiger partial charge in [-0.1, -0.05) is 30.9 Å². The first kappa shape index (κ1) is 19.5. The monoisotopic (exact) mass is 389 g/mol. The summed E-state index contributed by atoms with van der Waals surface area (Å²) in [5.74, 6) is -0.255. The number of furan rings is 1. The molecule has 0 spiro atoms. The smallest absolute Gasteiger partial charge is 0.291 e. The number of anilines is 2. The van der Waals surface area contributed by atoms with Crippen molar-refractivity contribution in [3.8, 4) is 0 Å². The topological polar surface area (TPSA) is 97.4 Å². The molecular formula is C20H24ClN3O3. The summed E-state index contributed by atoms with van der Waals surface area (Å²) in [6, 6.07) is 8.18. The molecule has 27 heavy (non-hydrogen) atoms. The van der Waals surface area contributed by atoms with E-state index in [9.17, 15) is 9.59 Å². The Morgan fingerprint density at radius 3 is 2.56 bits per heavy atom. The molecule has 1 aliphatic carbocycles. The van der Waals surface area contributed by atoms with Gasteiger partial charge in [0.05, 0.1) is 17.0 Å². The molecule has 7 heteroatoms. The van der Waals surface area contributed by atoms with E-state index >= 15 is 0 Å². The van der Waals surface area contributed by atoms with Gasteiger partial charge in [-0.2, -0.15) is 0 Å². The molecule has 1 aliphatic rings. The minimum Gasteiger partial charge on any atom is -0.459 e. The molecule has 0 radical (unpaired) electrons. The number of halogens is 1. The molecule has 1 saturated carbocycles. The predicted octanol–water partition coefficient (Wildman–Crippen LogP) is 4.42. The molecule has 3 rings (SSSR count). The third-order valence-electron chi connectivity index (χ3n) is 5.13.